The molecule has 1 atom stereocenters. The molecule has 2 aromatic rings. The van der Waals surface area contributed by atoms with Crippen LogP contribution in [0.4, 0.5) is 10.0 Å². The molecule has 1 unspecified atom stereocenters. The van der Waals surface area contributed by atoms with E-state index in [2.05, 4.69) is 5.32 Å². The van der Waals surface area contributed by atoms with E-state index in [-0.39, 0.29) is 40.0 Å². The van der Waals surface area contributed by atoms with Crippen molar-refractivity contribution in [2.45, 2.75) is 30.7 Å². The Bertz CT molecular complexity index is 1120. The fraction of sp³-hybridized carbons (Fsp3) is 0.333. The van der Waals surface area contributed by atoms with Gasteiger partial charge in [-0.2, -0.15) is 4.31 Å². The lowest BCUT2D eigenvalue weighted by Gasteiger charge is -2.23. The zero-order valence-corrected chi connectivity index (χ0v) is 18.6. The second-order valence-electron chi connectivity index (χ2n) is 6.52. The number of esters is 1. The van der Waals surface area contributed by atoms with Crippen molar-refractivity contribution in [3.63, 3.8) is 0 Å². The lowest BCUT2D eigenvalue weighted by molar-refractivity contribution is -0.380. The number of nitrogens with zero attached hydrogens (tertiary/aromatic N) is 2. The van der Waals surface area contributed by atoms with Gasteiger partial charge < -0.3 is 10.1 Å². The van der Waals surface area contributed by atoms with Gasteiger partial charge in [0.15, 0.2) is 0 Å². The molecule has 0 saturated carbocycles. The number of ether oxygens (including phenoxy) is 1. The highest BCUT2D eigenvalue weighted by Crippen LogP contribution is 2.35. The SMILES string of the molecule is CCOC(=O)c1cc([N+](=O)[O-])sc1NC(=O)C1CCCN1S(=O)(=O)c1ccc(Cl)cc1. The third kappa shape index (κ3) is 4.87. The lowest BCUT2D eigenvalue weighted by atomic mass is 10.2. The minimum atomic E-state index is -3.97. The minimum absolute atomic E-state index is 0.00410. The maximum Gasteiger partial charge on any atom is 0.341 e. The van der Waals surface area contributed by atoms with Gasteiger partial charge in [0.05, 0.1) is 16.4 Å². The Labute approximate surface area is 187 Å². The van der Waals surface area contributed by atoms with Crippen LogP contribution in [-0.2, 0) is 19.6 Å². The van der Waals surface area contributed by atoms with E-state index in [4.69, 9.17) is 16.3 Å². The quantitative estimate of drug-likeness (QED) is 0.359. The van der Waals surface area contributed by atoms with Crippen LogP contribution < -0.4 is 5.32 Å². The number of rotatable bonds is 7. The largest absolute Gasteiger partial charge is 0.462 e. The second-order valence-corrected chi connectivity index (χ2v) is 9.88. The number of thiophene rings is 1. The van der Waals surface area contributed by atoms with Gasteiger partial charge in [0.25, 0.3) is 0 Å². The predicted octanol–water partition coefficient (Wildman–Crippen LogP) is 3.28. The molecule has 1 N–H and O–H groups in total. The number of nitrogens with one attached hydrogen (secondary N) is 1. The molecule has 166 valence electrons. The van der Waals surface area contributed by atoms with Gasteiger partial charge in [0.1, 0.15) is 16.6 Å². The van der Waals surface area contributed by atoms with Crippen molar-refractivity contribution < 1.29 is 27.7 Å². The minimum Gasteiger partial charge on any atom is -0.462 e. The Morgan fingerprint density at radius 2 is 2.03 bits per heavy atom. The van der Waals surface area contributed by atoms with Crippen molar-refractivity contribution in [3.05, 3.63) is 51.0 Å². The van der Waals surface area contributed by atoms with Gasteiger partial charge in [-0.15, -0.1) is 0 Å². The molecule has 10 nitrogen and oxygen atoms in total. The van der Waals surface area contributed by atoms with Gasteiger partial charge in [-0.1, -0.05) is 11.6 Å². The summed E-state index contributed by atoms with van der Waals surface area (Å²) < 4.78 is 32.0. The number of hydrogen-bond donors (Lipinski definition) is 1. The monoisotopic (exact) mass is 487 g/mol. The van der Waals surface area contributed by atoms with Crippen molar-refractivity contribution in [3.8, 4) is 0 Å². The standard InChI is InChI=1S/C18H18ClN3O7S2/c1-2-29-18(24)13-10-15(22(25)26)30-17(13)20-16(23)14-4-3-9-21(14)31(27,28)12-7-5-11(19)6-8-12/h5-8,10,14H,2-4,9H2,1H3,(H,20,23). The van der Waals surface area contributed by atoms with Crippen LogP contribution in [0.1, 0.15) is 30.1 Å². The van der Waals surface area contributed by atoms with Crippen LogP contribution in [0.3, 0.4) is 0 Å². The first-order valence-electron chi connectivity index (χ1n) is 9.18. The molecule has 0 aliphatic carbocycles. The molecular weight excluding hydrogens is 470 g/mol. The first-order chi connectivity index (χ1) is 14.6. The first-order valence-corrected chi connectivity index (χ1v) is 11.8. The van der Waals surface area contributed by atoms with Gasteiger partial charge in [-0.25, -0.2) is 13.2 Å². The molecule has 0 radical (unpaired) electrons. The van der Waals surface area contributed by atoms with Crippen molar-refractivity contribution in [1.82, 2.24) is 4.31 Å². The zero-order valence-electron chi connectivity index (χ0n) is 16.2. The van der Waals surface area contributed by atoms with Gasteiger partial charge in [0, 0.05) is 17.6 Å². The van der Waals surface area contributed by atoms with Gasteiger partial charge in [0.2, 0.25) is 15.9 Å². The fourth-order valence-electron chi connectivity index (χ4n) is 3.15. The Morgan fingerprint density at radius 3 is 2.65 bits per heavy atom. The topological polar surface area (TPSA) is 136 Å². The van der Waals surface area contributed by atoms with E-state index in [1.54, 1.807) is 6.92 Å². The molecule has 31 heavy (non-hydrogen) atoms. The van der Waals surface area contributed by atoms with Gasteiger partial charge in [-0.05, 0) is 55.4 Å². The molecule has 0 spiro atoms. The van der Waals surface area contributed by atoms with Crippen LogP contribution in [-0.4, -0.2) is 48.7 Å². The van der Waals surface area contributed by atoms with Crippen molar-refractivity contribution in [2.24, 2.45) is 0 Å². The molecule has 1 aliphatic heterocycles. The van der Waals surface area contributed by atoms with Crippen LogP contribution in [0.25, 0.3) is 0 Å². The van der Waals surface area contributed by atoms with Crippen LogP contribution in [0, 0.1) is 10.1 Å². The number of anilines is 1. The molecule has 3 rings (SSSR count). The molecule has 1 saturated heterocycles. The van der Waals surface area contributed by atoms with Crippen LogP contribution in [0.15, 0.2) is 35.2 Å². The van der Waals surface area contributed by atoms with Crippen molar-refractivity contribution >= 4 is 54.8 Å². The summed E-state index contributed by atoms with van der Waals surface area (Å²) in [6, 6.07) is 5.58. The summed E-state index contributed by atoms with van der Waals surface area (Å²) in [5.41, 5.74) is -0.156. The molecule has 1 amide bonds. The second kappa shape index (κ2) is 9.30. The maximum absolute atomic E-state index is 13.0. The summed E-state index contributed by atoms with van der Waals surface area (Å²) in [5.74, 6) is -1.50. The Hall–Kier alpha value is -2.54. The van der Waals surface area contributed by atoms with Crippen LogP contribution in [0.5, 0.6) is 0 Å². The van der Waals surface area contributed by atoms with E-state index in [0.717, 1.165) is 10.4 Å². The number of carbonyl (C=O) groups excluding carboxylic acids is 2. The average molecular weight is 488 g/mol. The smallest absolute Gasteiger partial charge is 0.341 e. The number of benzene rings is 1. The molecule has 13 heteroatoms. The van der Waals surface area contributed by atoms with Gasteiger partial charge >= 0.3 is 11.0 Å². The van der Waals surface area contributed by atoms with E-state index in [1.165, 1.54) is 24.3 Å². The van der Waals surface area contributed by atoms with Crippen molar-refractivity contribution in [1.29, 1.82) is 0 Å². The highest BCUT2D eigenvalue weighted by Gasteiger charge is 2.40. The molecule has 2 heterocycles. The Morgan fingerprint density at radius 1 is 1.35 bits per heavy atom. The summed E-state index contributed by atoms with van der Waals surface area (Å²) in [6.45, 7) is 1.76. The number of sulfonamides is 1. The van der Waals surface area contributed by atoms with E-state index < -0.39 is 32.9 Å². The van der Waals surface area contributed by atoms with E-state index in [1.807, 2.05) is 0 Å². The van der Waals surface area contributed by atoms with Crippen LogP contribution >= 0.6 is 22.9 Å². The summed E-state index contributed by atoms with van der Waals surface area (Å²) in [7, 11) is -3.97. The van der Waals surface area contributed by atoms with Gasteiger partial charge in [-0.3, -0.25) is 14.9 Å². The maximum atomic E-state index is 13.0. The van der Waals surface area contributed by atoms with E-state index in [9.17, 15) is 28.1 Å². The molecule has 0 bridgehead atoms. The summed E-state index contributed by atoms with van der Waals surface area (Å²) >= 11 is 6.42. The fourth-order valence-corrected chi connectivity index (χ4v) is 5.80. The van der Waals surface area contributed by atoms with E-state index >= 15 is 0 Å². The lowest BCUT2D eigenvalue weighted by Crippen LogP contribution is -2.43. The summed E-state index contributed by atoms with van der Waals surface area (Å²) in [4.78, 5) is 35.5. The molecule has 1 fully saturated rings. The zero-order chi connectivity index (χ0) is 22.8. The number of nitro groups is 1. The highest BCUT2D eigenvalue weighted by atomic mass is 35.5. The van der Waals surface area contributed by atoms with Crippen LogP contribution in [0.2, 0.25) is 5.02 Å². The average Bonchev–Trinajstić information content (AvgIpc) is 3.36. The summed E-state index contributed by atoms with van der Waals surface area (Å²) in [5, 5.41) is 13.5. The molecule has 1 aliphatic rings. The highest BCUT2D eigenvalue weighted by molar-refractivity contribution is 7.89. The first kappa shape index (κ1) is 23.1. The Kier molecular flexibility index (Phi) is 6.94. The number of halogens is 1. The normalized spacial score (nSPS) is 16.8. The molecule has 1 aromatic heterocycles. The molecule has 1 aromatic carbocycles. The number of hydrogen-bond acceptors (Lipinski definition) is 8. The predicted molar refractivity (Wildman–Crippen MR) is 114 cm³/mol. The molecular formula is C18H18ClN3O7S2. The summed E-state index contributed by atoms with van der Waals surface area (Å²) in [6.07, 6.45) is 0.723. The number of amides is 1. The third-order valence-electron chi connectivity index (χ3n) is 4.56. The Balaban J connectivity index is 1.87. The number of carbonyl (C=O) groups is 2. The third-order valence-corrected chi connectivity index (χ3v) is 7.73. The van der Waals surface area contributed by atoms with Crippen molar-refractivity contribution in [2.75, 3.05) is 18.5 Å². The van der Waals surface area contributed by atoms with E-state index in [0.29, 0.717) is 22.8 Å².